The molecule has 1 atom stereocenters. The Morgan fingerprint density at radius 1 is 1.39 bits per heavy atom. The maximum absolute atomic E-state index is 12.3. The molecule has 1 N–H and O–H groups in total. The molecule has 1 aromatic carbocycles. The molecule has 0 aliphatic rings. The lowest BCUT2D eigenvalue weighted by Crippen LogP contribution is -2.32. The van der Waals surface area contributed by atoms with Gasteiger partial charge in [-0.15, -0.1) is 11.3 Å². The van der Waals surface area contributed by atoms with Crippen LogP contribution in [0, 0.1) is 0 Å². The summed E-state index contributed by atoms with van der Waals surface area (Å²) in [4.78, 5) is 16.5. The van der Waals surface area contributed by atoms with Gasteiger partial charge in [0.05, 0.1) is 11.2 Å². The summed E-state index contributed by atoms with van der Waals surface area (Å²) in [5.74, 6) is 0.636. The first-order chi connectivity index (χ1) is 11.2. The predicted molar refractivity (Wildman–Crippen MR) is 94.0 cm³/mol. The van der Waals surface area contributed by atoms with Gasteiger partial charge in [-0.05, 0) is 31.5 Å². The van der Waals surface area contributed by atoms with Gasteiger partial charge < -0.3 is 10.1 Å². The topological polar surface area (TPSA) is 51.2 Å². The molecule has 124 valence electrons. The minimum absolute atomic E-state index is 0.0480. The summed E-state index contributed by atoms with van der Waals surface area (Å²) in [5, 5.41) is 5.00. The van der Waals surface area contributed by atoms with E-state index in [1.807, 2.05) is 23.6 Å². The number of ether oxygens (including phenoxy) is 1. The Morgan fingerprint density at radius 2 is 2.26 bits per heavy atom. The molecule has 0 aliphatic carbocycles. The van der Waals surface area contributed by atoms with Gasteiger partial charge in [0.1, 0.15) is 12.4 Å². The van der Waals surface area contributed by atoms with Crippen LogP contribution in [0.15, 0.2) is 35.2 Å². The van der Waals surface area contributed by atoms with Crippen LogP contribution in [0.1, 0.15) is 55.6 Å². The van der Waals surface area contributed by atoms with Crippen LogP contribution in [0.2, 0.25) is 0 Å². The third kappa shape index (κ3) is 6.02. The molecular formula is C18H24N2O2S. The number of nitrogens with one attached hydrogen (secondary N) is 1. The highest BCUT2D eigenvalue weighted by atomic mass is 32.1. The number of thiazole rings is 1. The molecule has 0 saturated carbocycles. The molecule has 0 spiro atoms. The van der Waals surface area contributed by atoms with Crippen molar-refractivity contribution in [3.05, 3.63) is 46.4 Å². The summed E-state index contributed by atoms with van der Waals surface area (Å²) in [7, 11) is 0. The molecule has 0 saturated heterocycles. The maximum atomic E-state index is 12.3. The largest absolute Gasteiger partial charge is 0.487 e. The van der Waals surface area contributed by atoms with Gasteiger partial charge in [0.15, 0.2) is 0 Å². The number of carbonyl (C=O) groups is 1. The van der Waals surface area contributed by atoms with E-state index in [-0.39, 0.29) is 11.9 Å². The molecular weight excluding hydrogens is 308 g/mol. The zero-order valence-corrected chi connectivity index (χ0v) is 14.6. The summed E-state index contributed by atoms with van der Waals surface area (Å²) >= 11 is 1.54. The van der Waals surface area contributed by atoms with Crippen LogP contribution in [0.25, 0.3) is 0 Å². The Morgan fingerprint density at radius 3 is 3.00 bits per heavy atom. The second-order valence-electron chi connectivity index (χ2n) is 5.67. The van der Waals surface area contributed by atoms with E-state index in [4.69, 9.17) is 4.74 Å². The molecule has 0 fully saturated rings. The fourth-order valence-corrected chi connectivity index (χ4v) is 2.82. The van der Waals surface area contributed by atoms with E-state index in [1.54, 1.807) is 22.9 Å². The van der Waals surface area contributed by atoms with Crippen molar-refractivity contribution in [1.29, 1.82) is 0 Å². The normalized spacial score (nSPS) is 11.9. The van der Waals surface area contributed by atoms with Gasteiger partial charge in [0.2, 0.25) is 0 Å². The standard InChI is InChI=1S/C18H24N2O2S/c1-3-4-5-7-14(2)20-18(21)15-8-6-9-17(10-15)22-11-16-12-23-13-19-16/h6,8-10,12-14H,3-5,7,11H2,1-2H3,(H,20,21). The van der Waals surface area contributed by atoms with Crippen molar-refractivity contribution in [2.75, 3.05) is 0 Å². The van der Waals surface area contributed by atoms with Gasteiger partial charge in [-0.1, -0.05) is 32.3 Å². The number of benzene rings is 1. The molecule has 5 heteroatoms. The first-order valence-electron chi connectivity index (χ1n) is 8.10. The van der Waals surface area contributed by atoms with Crippen molar-refractivity contribution in [3.8, 4) is 5.75 Å². The van der Waals surface area contributed by atoms with Crippen LogP contribution in [-0.2, 0) is 6.61 Å². The van der Waals surface area contributed by atoms with Crippen LogP contribution in [0.4, 0.5) is 0 Å². The lowest BCUT2D eigenvalue weighted by Gasteiger charge is -2.14. The van der Waals surface area contributed by atoms with Crippen molar-refractivity contribution in [3.63, 3.8) is 0 Å². The Hall–Kier alpha value is -1.88. The minimum Gasteiger partial charge on any atom is -0.487 e. The highest BCUT2D eigenvalue weighted by Gasteiger charge is 2.10. The molecule has 23 heavy (non-hydrogen) atoms. The van der Waals surface area contributed by atoms with Crippen molar-refractivity contribution >= 4 is 17.2 Å². The molecule has 2 aromatic rings. The van der Waals surface area contributed by atoms with Gasteiger partial charge in [0.25, 0.3) is 5.91 Å². The number of aromatic nitrogens is 1. The summed E-state index contributed by atoms with van der Waals surface area (Å²) < 4.78 is 5.69. The maximum Gasteiger partial charge on any atom is 0.251 e. The van der Waals surface area contributed by atoms with E-state index in [0.29, 0.717) is 17.9 Å². The van der Waals surface area contributed by atoms with E-state index in [9.17, 15) is 4.79 Å². The summed E-state index contributed by atoms with van der Waals surface area (Å²) in [6.07, 6.45) is 4.56. The number of nitrogens with zero attached hydrogens (tertiary/aromatic N) is 1. The zero-order valence-electron chi connectivity index (χ0n) is 13.7. The van der Waals surface area contributed by atoms with Gasteiger partial charge in [-0.25, -0.2) is 4.98 Å². The van der Waals surface area contributed by atoms with Crippen molar-refractivity contribution in [2.45, 2.75) is 52.2 Å². The van der Waals surface area contributed by atoms with Crippen molar-refractivity contribution in [1.82, 2.24) is 10.3 Å². The number of hydrogen-bond acceptors (Lipinski definition) is 4. The summed E-state index contributed by atoms with van der Waals surface area (Å²) in [6, 6.07) is 7.47. The fraction of sp³-hybridized carbons (Fsp3) is 0.444. The number of amides is 1. The van der Waals surface area contributed by atoms with E-state index < -0.39 is 0 Å². The first-order valence-corrected chi connectivity index (χ1v) is 9.04. The molecule has 0 bridgehead atoms. The van der Waals surface area contributed by atoms with Crippen molar-refractivity contribution < 1.29 is 9.53 Å². The fourth-order valence-electron chi connectivity index (χ4n) is 2.27. The quantitative estimate of drug-likeness (QED) is 0.692. The number of hydrogen-bond donors (Lipinski definition) is 1. The average molecular weight is 332 g/mol. The second-order valence-corrected chi connectivity index (χ2v) is 6.39. The van der Waals surface area contributed by atoms with Crippen LogP contribution < -0.4 is 10.1 Å². The van der Waals surface area contributed by atoms with Crippen molar-refractivity contribution in [2.24, 2.45) is 0 Å². The SMILES string of the molecule is CCCCCC(C)NC(=O)c1cccc(OCc2cscn2)c1. The molecule has 1 aromatic heterocycles. The number of carbonyl (C=O) groups excluding carboxylic acids is 1. The highest BCUT2D eigenvalue weighted by Crippen LogP contribution is 2.16. The van der Waals surface area contributed by atoms with E-state index in [0.717, 1.165) is 18.5 Å². The monoisotopic (exact) mass is 332 g/mol. The number of unbranched alkanes of at least 4 members (excludes halogenated alkanes) is 2. The van der Waals surface area contributed by atoms with Gasteiger partial charge in [-0.3, -0.25) is 4.79 Å². The third-order valence-corrected chi connectivity index (χ3v) is 4.22. The summed E-state index contributed by atoms with van der Waals surface area (Å²) in [6.45, 7) is 4.65. The lowest BCUT2D eigenvalue weighted by molar-refractivity contribution is 0.0937. The summed E-state index contributed by atoms with van der Waals surface area (Å²) in [5.41, 5.74) is 3.31. The Bertz CT molecular complexity index is 599. The smallest absolute Gasteiger partial charge is 0.251 e. The Balaban J connectivity index is 1.86. The van der Waals surface area contributed by atoms with E-state index in [2.05, 4.69) is 24.1 Å². The molecule has 1 unspecified atom stereocenters. The van der Waals surface area contributed by atoms with Crippen LogP contribution >= 0.6 is 11.3 Å². The minimum atomic E-state index is -0.0480. The highest BCUT2D eigenvalue weighted by molar-refractivity contribution is 7.07. The molecule has 0 aliphatic heterocycles. The Kier molecular flexibility index (Phi) is 7.07. The first kappa shape index (κ1) is 17.5. The molecule has 2 rings (SSSR count). The third-order valence-electron chi connectivity index (χ3n) is 3.58. The zero-order chi connectivity index (χ0) is 16.5. The Labute approximate surface area is 141 Å². The lowest BCUT2D eigenvalue weighted by atomic mass is 10.1. The average Bonchev–Trinajstić information content (AvgIpc) is 3.07. The van der Waals surface area contributed by atoms with Gasteiger partial charge in [-0.2, -0.15) is 0 Å². The number of rotatable bonds is 9. The molecule has 4 nitrogen and oxygen atoms in total. The molecule has 1 heterocycles. The van der Waals surface area contributed by atoms with E-state index in [1.165, 1.54) is 12.8 Å². The van der Waals surface area contributed by atoms with Crippen LogP contribution in [-0.4, -0.2) is 16.9 Å². The van der Waals surface area contributed by atoms with Crippen LogP contribution in [0.3, 0.4) is 0 Å². The van der Waals surface area contributed by atoms with Crippen LogP contribution in [0.5, 0.6) is 5.75 Å². The van der Waals surface area contributed by atoms with Gasteiger partial charge >= 0.3 is 0 Å². The molecule has 0 radical (unpaired) electrons. The second kappa shape index (κ2) is 9.30. The predicted octanol–water partition coefficient (Wildman–Crippen LogP) is 4.42. The van der Waals surface area contributed by atoms with E-state index >= 15 is 0 Å². The molecule has 1 amide bonds. The van der Waals surface area contributed by atoms with Gasteiger partial charge in [0, 0.05) is 17.0 Å².